The standard InChI is InChI=1S/C22H27NO/c1-4-6-11-18-19-15-14-16-10-8-9-13-17(16)21(19)23(3)22(24)20(18)12-7-5-2/h8-10,13-15H,4-7,11-12H2,1-3H3. The van der Waals surface area contributed by atoms with Crippen LogP contribution in [0.1, 0.15) is 50.7 Å². The van der Waals surface area contributed by atoms with Crippen molar-refractivity contribution in [1.29, 1.82) is 0 Å². The first kappa shape index (κ1) is 16.8. The Kier molecular flexibility index (Phi) is 5.03. The molecule has 2 aromatic carbocycles. The van der Waals surface area contributed by atoms with Crippen LogP contribution in [0.2, 0.25) is 0 Å². The Morgan fingerprint density at radius 1 is 0.833 bits per heavy atom. The van der Waals surface area contributed by atoms with Crippen LogP contribution in [0.3, 0.4) is 0 Å². The number of aromatic nitrogens is 1. The van der Waals surface area contributed by atoms with Crippen LogP contribution in [0, 0.1) is 0 Å². The van der Waals surface area contributed by atoms with Gasteiger partial charge in [-0.25, -0.2) is 0 Å². The molecule has 0 spiro atoms. The molecule has 0 fully saturated rings. The largest absolute Gasteiger partial charge is 0.310 e. The quantitative estimate of drug-likeness (QED) is 0.559. The molecule has 0 bridgehead atoms. The molecule has 0 amide bonds. The Morgan fingerprint density at radius 3 is 2.21 bits per heavy atom. The van der Waals surface area contributed by atoms with E-state index < -0.39 is 0 Å². The van der Waals surface area contributed by atoms with Crippen molar-refractivity contribution in [2.24, 2.45) is 7.05 Å². The summed E-state index contributed by atoms with van der Waals surface area (Å²) in [6.45, 7) is 4.40. The van der Waals surface area contributed by atoms with E-state index in [-0.39, 0.29) is 5.56 Å². The molecule has 0 aliphatic carbocycles. The van der Waals surface area contributed by atoms with Gasteiger partial charge in [-0.05, 0) is 36.6 Å². The smallest absolute Gasteiger partial charge is 0.254 e. The zero-order valence-corrected chi connectivity index (χ0v) is 15.1. The van der Waals surface area contributed by atoms with Gasteiger partial charge in [-0.1, -0.05) is 63.1 Å². The first-order valence-electron chi connectivity index (χ1n) is 9.21. The molecule has 2 nitrogen and oxygen atoms in total. The van der Waals surface area contributed by atoms with E-state index in [0.29, 0.717) is 0 Å². The van der Waals surface area contributed by atoms with Gasteiger partial charge in [-0.2, -0.15) is 0 Å². The molecular formula is C22H27NO. The minimum Gasteiger partial charge on any atom is -0.310 e. The van der Waals surface area contributed by atoms with Crippen molar-refractivity contribution in [3.8, 4) is 0 Å². The van der Waals surface area contributed by atoms with Crippen molar-refractivity contribution < 1.29 is 0 Å². The van der Waals surface area contributed by atoms with E-state index in [4.69, 9.17) is 0 Å². The molecule has 1 heterocycles. The molecule has 0 aliphatic rings. The van der Waals surface area contributed by atoms with E-state index in [9.17, 15) is 4.79 Å². The molecule has 0 saturated carbocycles. The lowest BCUT2D eigenvalue weighted by molar-refractivity contribution is 0.741. The van der Waals surface area contributed by atoms with Crippen molar-refractivity contribution in [2.45, 2.75) is 52.4 Å². The molecule has 0 atom stereocenters. The van der Waals surface area contributed by atoms with E-state index >= 15 is 0 Å². The molecule has 3 aromatic rings. The molecule has 0 unspecified atom stereocenters. The van der Waals surface area contributed by atoms with Crippen molar-refractivity contribution in [3.63, 3.8) is 0 Å². The predicted octanol–water partition coefficient (Wildman–Crippen LogP) is 5.38. The summed E-state index contributed by atoms with van der Waals surface area (Å²) in [5.74, 6) is 0. The normalized spacial score (nSPS) is 11.5. The summed E-state index contributed by atoms with van der Waals surface area (Å²) in [7, 11) is 1.93. The van der Waals surface area contributed by atoms with Gasteiger partial charge in [0.1, 0.15) is 0 Å². The van der Waals surface area contributed by atoms with Crippen LogP contribution >= 0.6 is 0 Å². The van der Waals surface area contributed by atoms with E-state index in [1.807, 2.05) is 11.6 Å². The van der Waals surface area contributed by atoms with Crippen LogP contribution in [0.4, 0.5) is 0 Å². The van der Waals surface area contributed by atoms with Gasteiger partial charge < -0.3 is 4.57 Å². The molecule has 0 aliphatic heterocycles. The van der Waals surface area contributed by atoms with Crippen molar-refractivity contribution in [2.75, 3.05) is 0 Å². The van der Waals surface area contributed by atoms with Gasteiger partial charge in [0.2, 0.25) is 0 Å². The summed E-state index contributed by atoms with van der Waals surface area (Å²) in [5.41, 5.74) is 3.60. The fraction of sp³-hybridized carbons (Fsp3) is 0.409. The minimum atomic E-state index is 0.193. The number of benzene rings is 2. The molecular weight excluding hydrogens is 294 g/mol. The minimum absolute atomic E-state index is 0.193. The summed E-state index contributed by atoms with van der Waals surface area (Å²) in [6.07, 6.45) is 6.37. The monoisotopic (exact) mass is 321 g/mol. The molecule has 24 heavy (non-hydrogen) atoms. The highest BCUT2D eigenvalue weighted by Crippen LogP contribution is 2.29. The molecule has 0 N–H and O–H groups in total. The number of hydrogen-bond acceptors (Lipinski definition) is 1. The average molecular weight is 321 g/mol. The van der Waals surface area contributed by atoms with Gasteiger partial charge in [0.25, 0.3) is 5.56 Å². The molecule has 2 heteroatoms. The third-order valence-corrected chi connectivity index (χ3v) is 5.05. The highest BCUT2D eigenvalue weighted by Gasteiger charge is 2.16. The van der Waals surface area contributed by atoms with Crippen LogP contribution in [-0.4, -0.2) is 4.57 Å². The fourth-order valence-electron chi connectivity index (χ4n) is 3.71. The third-order valence-electron chi connectivity index (χ3n) is 5.05. The number of hydrogen-bond donors (Lipinski definition) is 0. The van der Waals surface area contributed by atoms with Crippen molar-refractivity contribution >= 4 is 21.7 Å². The molecule has 0 saturated heterocycles. The Bertz CT molecular complexity index is 921. The maximum atomic E-state index is 13.1. The second kappa shape index (κ2) is 7.21. The van der Waals surface area contributed by atoms with Crippen molar-refractivity contribution in [3.05, 3.63) is 57.9 Å². The number of pyridine rings is 1. The fourth-order valence-corrected chi connectivity index (χ4v) is 3.71. The molecule has 0 radical (unpaired) electrons. The number of rotatable bonds is 6. The Morgan fingerprint density at radius 2 is 1.50 bits per heavy atom. The summed E-state index contributed by atoms with van der Waals surface area (Å²) >= 11 is 0. The Hall–Kier alpha value is -2.09. The van der Waals surface area contributed by atoms with Crippen LogP contribution < -0.4 is 5.56 Å². The highest BCUT2D eigenvalue weighted by atomic mass is 16.1. The maximum absolute atomic E-state index is 13.1. The summed E-state index contributed by atoms with van der Waals surface area (Å²) in [5, 5.41) is 3.63. The Balaban J connectivity index is 2.38. The average Bonchev–Trinajstić information content (AvgIpc) is 2.62. The van der Waals surface area contributed by atoms with Gasteiger partial charge in [-0.3, -0.25) is 4.79 Å². The van der Waals surface area contributed by atoms with Gasteiger partial charge in [0, 0.05) is 23.4 Å². The van der Waals surface area contributed by atoms with Crippen LogP contribution in [-0.2, 0) is 19.9 Å². The SMILES string of the molecule is CCCCc1c(CCCC)c2ccc3ccccc3c2n(C)c1=O. The maximum Gasteiger partial charge on any atom is 0.254 e. The highest BCUT2D eigenvalue weighted by molar-refractivity contribution is 6.06. The summed E-state index contributed by atoms with van der Waals surface area (Å²) < 4.78 is 1.87. The first-order chi connectivity index (χ1) is 11.7. The lowest BCUT2D eigenvalue weighted by atomic mass is 9.93. The predicted molar refractivity (Wildman–Crippen MR) is 104 cm³/mol. The number of unbranched alkanes of at least 4 members (excludes halogenated alkanes) is 2. The topological polar surface area (TPSA) is 22.0 Å². The molecule has 3 rings (SSSR count). The zero-order valence-electron chi connectivity index (χ0n) is 15.1. The second-order valence-electron chi connectivity index (χ2n) is 6.71. The lowest BCUT2D eigenvalue weighted by Crippen LogP contribution is -2.24. The van der Waals surface area contributed by atoms with Crippen LogP contribution in [0.5, 0.6) is 0 Å². The van der Waals surface area contributed by atoms with Gasteiger partial charge >= 0.3 is 0 Å². The number of aryl methyl sites for hydroxylation is 2. The zero-order chi connectivity index (χ0) is 17.1. The molecule has 126 valence electrons. The van der Waals surface area contributed by atoms with E-state index in [0.717, 1.165) is 49.6 Å². The lowest BCUT2D eigenvalue weighted by Gasteiger charge is -2.17. The summed E-state index contributed by atoms with van der Waals surface area (Å²) in [4.78, 5) is 13.1. The van der Waals surface area contributed by atoms with Gasteiger partial charge in [-0.15, -0.1) is 0 Å². The molecule has 1 aromatic heterocycles. The Labute approximate surface area is 144 Å². The van der Waals surface area contributed by atoms with Crippen LogP contribution in [0.15, 0.2) is 41.2 Å². The number of fused-ring (bicyclic) bond motifs is 3. The van der Waals surface area contributed by atoms with E-state index in [2.05, 4.69) is 50.2 Å². The van der Waals surface area contributed by atoms with Crippen LogP contribution in [0.25, 0.3) is 21.7 Å². The second-order valence-corrected chi connectivity index (χ2v) is 6.71. The van der Waals surface area contributed by atoms with Crippen molar-refractivity contribution in [1.82, 2.24) is 4.57 Å². The first-order valence-corrected chi connectivity index (χ1v) is 9.21. The van der Waals surface area contributed by atoms with Gasteiger partial charge in [0.15, 0.2) is 0 Å². The number of nitrogens with zero attached hydrogens (tertiary/aromatic N) is 1. The van der Waals surface area contributed by atoms with Gasteiger partial charge in [0.05, 0.1) is 5.52 Å². The third kappa shape index (κ3) is 2.86. The van der Waals surface area contributed by atoms with E-state index in [1.165, 1.54) is 21.7 Å². The van der Waals surface area contributed by atoms with E-state index in [1.54, 1.807) is 0 Å². The summed E-state index contributed by atoms with van der Waals surface area (Å²) in [6, 6.07) is 12.8.